The van der Waals surface area contributed by atoms with Gasteiger partial charge in [0.1, 0.15) is 11.5 Å². The van der Waals surface area contributed by atoms with Crippen molar-refractivity contribution in [3.8, 4) is 0 Å². The van der Waals surface area contributed by atoms with E-state index in [1.807, 2.05) is 0 Å². The van der Waals surface area contributed by atoms with Crippen molar-refractivity contribution in [1.82, 2.24) is 0 Å². The first-order valence-corrected chi connectivity index (χ1v) is 8.10. The highest BCUT2D eigenvalue weighted by atomic mass is 19.3. The van der Waals surface area contributed by atoms with Crippen LogP contribution in [0.15, 0.2) is 24.6 Å². The van der Waals surface area contributed by atoms with E-state index in [2.05, 4.69) is 6.58 Å². The summed E-state index contributed by atoms with van der Waals surface area (Å²) in [5.41, 5.74) is -0.843. The third kappa shape index (κ3) is 3.22. The summed E-state index contributed by atoms with van der Waals surface area (Å²) in [6.45, 7) is 5.04. The molecule has 136 valence electrons. The number of hydrogen-bond donors (Lipinski definition) is 0. The molecule has 2 aliphatic rings. The topological polar surface area (TPSA) is 26.3 Å². The van der Waals surface area contributed by atoms with Crippen molar-refractivity contribution in [2.75, 3.05) is 0 Å². The third-order valence-corrected chi connectivity index (χ3v) is 5.40. The van der Waals surface area contributed by atoms with E-state index >= 15 is 0 Å². The summed E-state index contributed by atoms with van der Waals surface area (Å²) in [7, 11) is 0. The molecule has 0 amide bonds. The molecule has 0 aromatic rings. The maximum absolute atomic E-state index is 14.0. The number of carbonyl (C=O) groups excluding carboxylic acids is 1. The molecule has 0 aromatic heterocycles. The van der Waals surface area contributed by atoms with E-state index in [-0.39, 0.29) is 5.92 Å². The van der Waals surface area contributed by atoms with E-state index in [4.69, 9.17) is 4.74 Å². The first-order chi connectivity index (χ1) is 11.2. The summed E-state index contributed by atoms with van der Waals surface area (Å²) in [4.78, 5) is 12.3. The lowest BCUT2D eigenvalue weighted by Crippen LogP contribution is -2.45. The van der Waals surface area contributed by atoms with Crippen LogP contribution in [-0.2, 0) is 9.53 Å². The third-order valence-electron chi connectivity index (χ3n) is 5.40. The minimum Gasteiger partial charge on any atom is -0.458 e. The standard InChI is InChI=1S/C17H21F5O2/c1-3-5-12(17(21,22)13(18)14(19)20)15(23)24-16(4-2)9-10-6-7-11(16)8-10/h3,10-12H,1,4-9H2,2H3. The van der Waals surface area contributed by atoms with Crippen LogP contribution in [0.3, 0.4) is 0 Å². The Morgan fingerprint density at radius 1 is 1.38 bits per heavy atom. The molecule has 4 unspecified atom stereocenters. The van der Waals surface area contributed by atoms with Crippen LogP contribution in [0.2, 0.25) is 0 Å². The van der Waals surface area contributed by atoms with Crippen LogP contribution in [0, 0.1) is 17.8 Å². The SMILES string of the molecule is C=CCC(C(=O)OC1(CC)CC2CCC1C2)C(F)(F)C(F)=C(F)F. The molecule has 0 spiro atoms. The molecule has 0 N–H and O–H groups in total. The van der Waals surface area contributed by atoms with Crippen LogP contribution in [0.1, 0.15) is 45.4 Å². The number of halogens is 5. The summed E-state index contributed by atoms with van der Waals surface area (Å²) < 4.78 is 71.2. The minimum absolute atomic E-state index is 0.0905. The highest BCUT2D eigenvalue weighted by Crippen LogP contribution is 2.54. The van der Waals surface area contributed by atoms with Crippen molar-refractivity contribution >= 4 is 5.97 Å². The van der Waals surface area contributed by atoms with Gasteiger partial charge in [-0.2, -0.15) is 22.0 Å². The number of alkyl halides is 2. The van der Waals surface area contributed by atoms with Gasteiger partial charge in [-0.1, -0.05) is 13.0 Å². The van der Waals surface area contributed by atoms with Crippen LogP contribution in [0.5, 0.6) is 0 Å². The number of esters is 1. The quantitative estimate of drug-likeness (QED) is 0.348. The summed E-state index contributed by atoms with van der Waals surface area (Å²) >= 11 is 0. The average Bonchev–Trinajstić information content (AvgIpc) is 3.12. The molecule has 2 rings (SSSR count). The maximum Gasteiger partial charge on any atom is 0.317 e. The molecule has 4 atom stereocenters. The number of hydrogen-bond acceptors (Lipinski definition) is 2. The number of rotatable bonds is 7. The van der Waals surface area contributed by atoms with E-state index in [0.29, 0.717) is 18.8 Å². The highest BCUT2D eigenvalue weighted by Gasteiger charge is 2.56. The predicted octanol–water partition coefficient (Wildman–Crippen LogP) is 5.40. The van der Waals surface area contributed by atoms with E-state index < -0.39 is 41.7 Å². The van der Waals surface area contributed by atoms with Gasteiger partial charge in [0, 0.05) is 0 Å². The Labute approximate surface area is 137 Å². The van der Waals surface area contributed by atoms with E-state index in [0.717, 1.165) is 25.3 Å². The monoisotopic (exact) mass is 352 g/mol. The van der Waals surface area contributed by atoms with Crippen LogP contribution < -0.4 is 0 Å². The van der Waals surface area contributed by atoms with Crippen LogP contribution in [0.25, 0.3) is 0 Å². The molecule has 2 bridgehead atoms. The average molecular weight is 352 g/mol. The van der Waals surface area contributed by atoms with Crippen molar-refractivity contribution in [3.05, 3.63) is 24.6 Å². The van der Waals surface area contributed by atoms with Gasteiger partial charge < -0.3 is 4.74 Å². The van der Waals surface area contributed by atoms with Crippen molar-refractivity contribution < 1.29 is 31.5 Å². The summed E-state index contributed by atoms with van der Waals surface area (Å²) in [5.74, 6) is -10.7. The Bertz CT molecular complexity index is 541. The molecule has 2 aliphatic carbocycles. The molecular formula is C17H21F5O2. The lowest BCUT2D eigenvalue weighted by molar-refractivity contribution is -0.183. The molecule has 24 heavy (non-hydrogen) atoms. The number of ether oxygens (including phenoxy) is 1. The lowest BCUT2D eigenvalue weighted by Gasteiger charge is -2.38. The zero-order valence-electron chi connectivity index (χ0n) is 13.5. The van der Waals surface area contributed by atoms with E-state index in [1.54, 1.807) is 6.92 Å². The van der Waals surface area contributed by atoms with Gasteiger partial charge in [0.05, 0.1) is 0 Å². The maximum atomic E-state index is 14.0. The Kier molecular flexibility index (Phi) is 5.40. The van der Waals surface area contributed by atoms with Crippen molar-refractivity contribution in [2.45, 2.75) is 57.0 Å². The smallest absolute Gasteiger partial charge is 0.317 e. The van der Waals surface area contributed by atoms with Gasteiger partial charge in [-0.3, -0.25) is 4.79 Å². The van der Waals surface area contributed by atoms with Gasteiger partial charge in [-0.05, 0) is 50.4 Å². The van der Waals surface area contributed by atoms with Gasteiger partial charge in [-0.25, -0.2) is 0 Å². The van der Waals surface area contributed by atoms with Crippen LogP contribution in [0.4, 0.5) is 22.0 Å². The zero-order chi connectivity index (χ0) is 18.1. The fourth-order valence-electron chi connectivity index (χ4n) is 4.13. The van der Waals surface area contributed by atoms with Crippen molar-refractivity contribution in [2.24, 2.45) is 17.8 Å². The van der Waals surface area contributed by atoms with Crippen molar-refractivity contribution in [3.63, 3.8) is 0 Å². The van der Waals surface area contributed by atoms with Crippen LogP contribution in [-0.4, -0.2) is 17.5 Å². The number of allylic oxidation sites excluding steroid dienone is 2. The molecule has 2 nitrogen and oxygen atoms in total. The molecule has 0 heterocycles. The van der Waals surface area contributed by atoms with Gasteiger partial charge in [0.25, 0.3) is 0 Å². The molecular weight excluding hydrogens is 331 g/mol. The first kappa shape index (κ1) is 18.9. The van der Waals surface area contributed by atoms with Gasteiger partial charge >= 0.3 is 18.0 Å². The molecule has 0 saturated heterocycles. The van der Waals surface area contributed by atoms with Crippen molar-refractivity contribution in [1.29, 1.82) is 0 Å². The minimum atomic E-state index is -4.63. The summed E-state index contributed by atoms with van der Waals surface area (Å²) in [6, 6.07) is 0. The Balaban J connectivity index is 2.23. The molecule has 2 fully saturated rings. The molecule has 0 aromatic carbocycles. The number of carbonyl (C=O) groups is 1. The summed E-state index contributed by atoms with van der Waals surface area (Å²) in [6.07, 6.45) is 0.971. The van der Waals surface area contributed by atoms with E-state index in [1.165, 1.54) is 0 Å². The Morgan fingerprint density at radius 3 is 2.46 bits per heavy atom. The molecule has 0 aliphatic heterocycles. The fraction of sp³-hybridized carbons (Fsp3) is 0.706. The number of fused-ring (bicyclic) bond motifs is 2. The lowest BCUT2D eigenvalue weighted by atomic mass is 9.81. The predicted molar refractivity (Wildman–Crippen MR) is 78.2 cm³/mol. The second kappa shape index (κ2) is 6.84. The zero-order valence-corrected chi connectivity index (χ0v) is 13.5. The molecule has 2 saturated carbocycles. The molecule has 0 radical (unpaired) electrons. The summed E-state index contributed by atoms with van der Waals surface area (Å²) in [5, 5.41) is 0. The molecule has 7 heteroatoms. The Morgan fingerprint density at radius 2 is 2.04 bits per heavy atom. The van der Waals surface area contributed by atoms with Gasteiger partial charge in [0.15, 0.2) is 0 Å². The van der Waals surface area contributed by atoms with Gasteiger partial charge in [0.2, 0.25) is 5.83 Å². The second-order valence-corrected chi connectivity index (χ2v) is 6.69. The van der Waals surface area contributed by atoms with E-state index in [9.17, 15) is 26.7 Å². The fourth-order valence-corrected chi connectivity index (χ4v) is 4.13. The highest BCUT2D eigenvalue weighted by molar-refractivity contribution is 5.75. The van der Waals surface area contributed by atoms with Gasteiger partial charge in [-0.15, -0.1) is 6.58 Å². The Hall–Kier alpha value is -1.40. The van der Waals surface area contributed by atoms with Crippen LogP contribution >= 0.6 is 0 Å². The first-order valence-electron chi connectivity index (χ1n) is 8.10. The largest absolute Gasteiger partial charge is 0.458 e. The normalized spacial score (nSPS) is 30.1. The second-order valence-electron chi connectivity index (χ2n) is 6.69.